The Bertz CT molecular complexity index is 554. The van der Waals surface area contributed by atoms with Crippen molar-refractivity contribution in [2.45, 2.75) is 97.6 Å². The topological polar surface area (TPSA) is 47.6 Å². The lowest BCUT2D eigenvalue weighted by molar-refractivity contribution is -0.165. The zero-order valence-electron chi connectivity index (χ0n) is 18.5. The van der Waals surface area contributed by atoms with E-state index < -0.39 is 0 Å². The van der Waals surface area contributed by atoms with Crippen molar-refractivity contribution in [2.24, 2.45) is 23.2 Å². The Kier molecular flexibility index (Phi) is 7.47. The molecule has 0 unspecified atom stereocenters. The summed E-state index contributed by atoms with van der Waals surface area (Å²) in [7, 11) is 0. The summed E-state index contributed by atoms with van der Waals surface area (Å²) in [6.45, 7) is 10.3. The highest BCUT2D eigenvalue weighted by molar-refractivity contribution is 5.67. The number of nitrogens with one attached hydrogen (secondary N) is 1. The second-order valence-electron chi connectivity index (χ2n) is 9.65. The molecular weight excluding hydrogens is 350 g/mol. The molecule has 5 atom stereocenters. The standard InChI is InChI=1S/C24H41NO3/c1-5-6-8-13-21-22-17(2)14-18(3)24(15-27-21,19(22)4)16-28-23(26)25-20-11-9-7-10-12-20/h14,18-22H,5-13,15-16H2,1-4H3,(H,25,26)/t18-,19+,21-,22+,24+/m0/s1. The van der Waals surface area contributed by atoms with Crippen molar-refractivity contribution in [2.75, 3.05) is 13.2 Å². The number of carbonyl (C=O) groups is 1. The molecule has 1 amide bonds. The molecule has 160 valence electrons. The van der Waals surface area contributed by atoms with Gasteiger partial charge in [0.05, 0.1) is 12.7 Å². The van der Waals surface area contributed by atoms with Gasteiger partial charge in [-0.2, -0.15) is 0 Å². The van der Waals surface area contributed by atoms with Gasteiger partial charge in [-0.25, -0.2) is 4.79 Å². The van der Waals surface area contributed by atoms with E-state index in [0.717, 1.165) is 19.3 Å². The van der Waals surface area contributed by atoms with E-state index >= 15 is 0 Å². The maximum atomic E-state index is 12.4. The molecule has 4 heteroatoms. The first kappa shape index (κ1) is 21.7. The fraction of sp³-hybridized carbons (Fsp3) is 0.875. The molecule has 0 aromatic heterocycles. The van der Waals surface area contributed by atoms with Crippen LogP contribution in [0.2, 0.25) is 0 Å². The molecule has 28 heavy (non-hydrogen) atoms. The second kappa shape index (κ2) is 9.65. The summed E-state index contributed by atoms with van der Waals surface area (Å²) in [4.78, 5) is 12.4. The largest absolute Gasteiger partial charge is 0.449 e. The van der Waals surface area contributed by atoms with Crippen LogP contribution in [0.1, 0.15) is 85.5 Å². The van der Waals surface area contributed by atoms with Crippen LogP contribution in [0.5, 0.6) is 0 Å². The number of alkyl carbamates (subject to hydrolysis) is 1. The predicted molar refractivity (Wildman–Crippen MR) is 113 cm³/mol. The maximum absolute atomic E-state index is 12.4. The summed E-state index contributed by atoms with van der Waals surface area (Å²) in [5.74, 6) is 1.28. The van der Waals surface area contributed by atoms with Crippen molar-refractivity contribution in [3.63, 3.8) is 0 Å². The van der Waals surface area contributed by atoms with Gasteiger partial charge in [0, 0.05) is 17.4 Å². The van der Waals surface area contributed by atoms with Crippen LogP contribution in [0.3, 0.4) is 0 Å². The Balaban J connectivity index is 1.62. The summed E-state index contributed by atoms with van der Waals surface area (Å²) >= 11 is 0. The number of ether oxygens (including phenoxy) is 2. The van der Waals surface area contributed by atoms with Gasteiger partial charge in [0.25, 0.3) is 0 Å². The van der Waals surface area contributed by atoms with Gasteiger partial charge in [0.1, 0.15) is 6.61 Å². The number of hydrogen-bond acceptors (Lipinski definition) is 3. The lowest BCUT2D eigenvalue weighted by Gasteiger charge is -2.55. The summed E-state index contributed by atoms with van der Waals surface area (Å²) in [6, 6.07) is 0.292. The number of hydrogen-bond donors (Lipinski definition) is 1. The van der Waals surface area contributed by atoms with Gasteiger partial charge in [-0.05, 0) is 38.0 Å². The maximum Gasteiger partial charge on any atom is 0.407 e. The number of rotatable bonds is 7. The molecule has 1 aliphatic heterocycles. The van der Waals surface area contributed by atoms with Crippen LogP contribution < -0.4 is 5.32 Å². The smallest absolute Gasteiger partial charge is 0.407 e. The zero-order chi connectivity index (χ0) is 20.1. The average molecular weight is 392 g/mol. The van der Waals surface area contributed by atoms with Crippen LogP contribution in [-0.4, -0.2) is 31.5 Å². The van der Waals surface area contributed by atoms with E-state index in [2.05, 4.69) is 39.1 Å². The van der Waals surface area contributed by atoms with Crippen molar-refractivity contribution in [3.05, 3.63) is 11.6 Å². The highest BCUT2D eigenvalue weighted by Gasteiger charge is 2.53. The number of amides is 1. The molecule has 3 rings (SSSR count). The third-order valence-corrected chi connectivity index (χ3v) is 7.85. The lowest BCUT2D eigenvalue weighted by Crippen LogP contribution is -2.57. The lowest BCUT2D eigenvalue weighted by atomic mass is 9.56. The average Bonchev–Trinajstić information content (AvgIpc) is 2.67. The van der Waals surface area contributed by atoms with Crippen molar-refractivity contribution >= 4 is 6.09 Å². The predicted octanol–water partition coefficient (Wildman–Crippen LogP) is 5.86. The minimum absolute atomic E-state index is 0.102. The van der Waals surface area contributed by atoms with E-state index in [9.17, 15) is 4.79 Å². The molecule has 1 heterocycles. The van der Waals surface area contributed by atoms with Crippen LogP contribution >= 0.6 is 0 Å². The summed E-state index contributed by atoms with van der Waals surface area (Å²) in [5.41, 5.74) is 1.36. The summed E-state index contributed by atoms with van der Waals surface area (Å²) in [5, 5.41) is 3.09. The van der Waals surface area contributed by atoms with Crippen LogP contribution in [-0.2, 0) is 9.47 Å². The summed E-state index contributed by atoms with van der Waals surface area (Å²) < 4.78 is 12.2. The Morgan fingerprint density at radius 3 is 2.71 bits per heavy atom. The normalized spacial score (nSPS) is 35.9. The quantitative estimate of drug-likeness (QED) is 0.437. The van der Waals surface area contributed by atoms with Crippen molar-refractivity contribution in [1.29, 1.82) is 0 Å². The van der Waals surface area contributed by atoms with Crippen LogP contribution in [0.25, 0.3) is 0 Å². The van der Waals surface area contributed by atoms with E-state index in [1.165, 1.54) is 44.1 Å². The number of unbranched alkanes of at least 4 members (excludes halogenated alkanes) is 2. The fourth-order valence-corrected chi connectivity index (χ4v) is 5.90. The van der Waals surface area contributed by atoms with Gasteiger partial charge in [-0.3, -0.25) is 0 Å². The highest BCUT2D eigenvalue weighted by Crippen LogP contribution is 2.53. The molecule has 1 saturated carbocycles. The molecule has 0 aromatic rings. The van der Waals surface area contributed by atoms with Crippen molar-refractivity contribution in [1.82, 2.24) is 5.32 Å². The first-order chi connectivity index (χ1) is 13.5. The van der Waals surface area contributed by atoms with Gasteiger partial charge in [0.2, 0.25) is 0 Å². The molecule has 4 nitrogen and oxygen atoms in total. The van der Waals surface area contributed by atoms with E-state index in [1.807, 2.05) is 0 Å². The van der Waals surface area contributed by atoms with Crippen LogP contribution in [0, 0.1) is 23.2 Å². The molecule has 1 saturated heterocycles. The van der Waals surface area contributed by atoms with Gasteiger partial charge >= 0.3 is 6.09 Å². The third kappa shape index (κ3) is 4.58. The van der Waals surface area contributed by atoms with E-state index in [0.29, 0.717) is 43.1 Å². The van der Waals surface area contributed by atoms with Crippen LogP contribution in [0.4, 0.5) is 4.79 Å². The van der Waals surface area contributed by atoms with E-state index in [1.54, 1.807) is 0 Å². The third-order valence-electron chi connectivity index (χ3n) is 7.85. The first-order valence-electron chi connectivity index (χ1n) is 11.7. The van der Waals surface area contributed by atoms with Gasteiger partial charge < -0.3 is 14.8 Å². The first-order valence-corrected chi connectivity index (χ1v) is 11.7. The molecule has 3 aliphatic rings. The van der Waals surface area contributed by atoms with Crippen LogP contribution in [0.15, 0.2) is 11.6 Å². The highest BCUT2D eigenvalue weighted by atomic mass is 16.6. The second-order valence-corrected chi connectivity index (χ2v) is 9.65. The van der Waals surface area contributed by atoms with Crippen molar-refractivity contribution in [3.8, 4) is 0 Å². The number of carbonyl (C=O) groups excluding carboxylic acids is 1. The fourth-order valence-electron chi connectivity index (χ4n) is 5.90. The molecular formula is C24H41NO3. The van der Waals surface area contributed by atoms with Gasteiger partial charge in [-0.1, -0.05) is 70.9 Å². The number of fused-ring (bicyclic) bond motifs is 2. The Morgan fingerprint density at radius 2 is 2.00 bits per heavy atom. The van der Waals surface area contributed by atoms with Crippen molar-refractivity contribution < 1.29 is 14.3 Å². The Morgan fingerprint density at radius 1 is 1.25 bits per heavy atom. The molecule has 2 bridgehead atoms. The molecule has 2 fully saturated rings. The molecule has 0 aromatic carbocycles. The van der Waals surface area contributed by atoms with Gasteiger partial charge in [-0.15, -0.1) is 0 Å². The Labute approximate surface area is 171 Å². The monoisotopic (exact) mass is 391 g/mol. The Hall–Kier alpha value is -1.03. The molecule has 2 aliphatic carbocycles. The summed E-state index contributed by atoms with van der Waals surface area (Å²) in [6.07, 6.45) is 13.3. The zero-order valence-corrected chi connectivity index (χ0v) is 18.5. The minimum Gasteiger partial charge on any atom is -0.449 e. The van der Waals surface area contributed by atoms with E-state index in [-0.39, 0.29) is 11.5 Å². The minimum atomic E-state index is -0.242. The SMILES string of the molecule is CCCCC[C@@H]1OC[C@]2(COC(=O)NC3CCCCC3)[C@H](C)[C@H]1C(C)=C[C@@H]2C. The van der Waals surface area contributed by atoms with E-state index in [4.69, 9.17) is 9.47 Å². The molecule has 0 radical (unpaired) electrons. The molecule has 1 N–H and O–H groups in total. The number of allylic oxidation sites excluding steroid dienone is 1. The molecule has 0 spiro atoms. The van der Waals surface area contributed by atoms with Gasteiger partial charge in [0.15, 0.2) is 0 Å².